The molecule has 0 aliphatic carbocycles. The van der Waals surface area contributed by atoms with Crippen LogP contribution < -0.4 is 0 Å². The van der Waals surface area contributed by atoms with Gasteiger partial charge in [0, 0.05) is 11.6 Å². The maximum absolute atomic E-state index is 4.19. The first-order chi connectivity index (χ1) is 9.24. The second-order valence-corrected chi connectivity index (χ2v) is 5.48. The van der Waals surface area contributed by atoms with Crippen molar-refractivity contribution in [2.45, 2.75) is 27.2 Å². The molecule has 1 nitrogen and oxygen atoms in total. The molecule has 0 aliphatic rings. The predicted molar refractivity (Wildman–Crippen MR) is 85.8 cm³/mol. The van der Waals surface area contributed by atoms with Gasteiger partial charge in [-0.05, 0) is 41.7 Å². The van der Waals surface area contributed by atoms with Gasteiger partial charge >= 0.3 is 0 Å². The van der Waals surface area contributed by atoms with Crippen LogP contribution in [0.3, 0.4) is 0 Å². The second-order valence-electron chi connectivity index (χ2n) is 4.65. The van der Waals surface area contributed by atoms with Crippen molar-refractivity contribution < 1.29 is 0 Å². The fraction of sp³-hybridized carbons (Fsp3) is 0.235. The van der Waals surface area contributed by atoms with Crippen LogP contribution in [0, 0.1) is 6.92 Å². The van der Waals surface area contributed by atoms with Gasteiger partial charge < -0.3 is 0 Å². The molecule has 1 aromatic heterocycles. The Bertz CT molecular complexity index is 638. The van der Waals surface area contributed by atoms with Crippen molar-refractivity contribution in [3.05, 3.63) is 54.2 Å². The molecule has 2 aromatic carbocycles. The van der Waals surface area contributed by atoms with Gasteiger partial charge in [-0.2, -0.15) is 4.37 Å². The molecule has 0 unspecified atom stereocenters. The Hall–Kier alpha value is -1.67. The molecule has 3 rings (SSSR count). The number of fused-ring (bicyclic) bond motifs is 1. The van der Waals surface area contributed by atoms with Gasteiger partial charge in [-0.15, -0.1) is 0 Å². The van der Waals surface area contributed by atoms with E-state index < -0.39 is 0 Å². The van der Waals surface area contributed by atoms with Crippen LogP contribution >= 0.6 is 11.5 Å². The minimum atomic E-state index is 1.23. The van der Waals surface area contributed by atoms with Gasteiger partial charge in [-0.3, -0.25) is 0 Å². The van der Waals surface area contributed by atoms with E-state index in [0.717, 1.165) is 0 Å². The van der Waals surface area contributed by atoms with Gasteiger partial charge in [0.2, 0.25) is 0 Å². The molecule has 0 N–H and O–H groups in total. The predicted octanol–water partition coefficient (Wildman–Crippen LogP) is 5.69. The highest BCUT2D eigenvalue weighted by molar-refractivity contribution is 7.13. The average Bonchev–Trinajstić information content (AvgIpc) is 2.87. The summed E-state index contributed by atoms with van der Waals surface area (Å²) in [5, 5.41) is 1.23. The number of aromatic nitrogens is 1. The van der Waals surface area contributed by atoms with Crippen LogP contribution in [0.4, 0.5) is 0 Å². The van der Waals surface area contributed by atoms with Crippen molar-refractivity contribution >= 4 is 21.6 Å². The molecule has 0 saturated heterocycles. The maximum atomic E-state index is 4.19. The molecule has 1 heterocycles. The normalized spacial score (nSPS) is 10.1. The molecular weight excluding hydrogens is 250 g/mol. The zero-order valence-corrected chi connectivity index (χ0v) is 12.5. The van der Waals surface area contributed by atoms with E-state index in [-0.39, 0.29) is 0 Å². The molecule has 0 atom stereocenters. The SMILES string of the molecule is CCC.Cc1ccc(-c2ccc3sncc3c2)cc1. The summed E-state index contributed by atoms with van der Waals surface area (Å²) in [4.78, 5) is 0. The second kappa shape index (κ2) is 6.48. The molecule has 0 saturated carbocycles. The average molecular weight is 269 g/mol. The Morgan fingerprint density at radius 1 is 0.947 bits per heavy atom. The summed E-state index contributed by atoms with van der Waals surface area (Å²) in [7, 11) is 0. The molecule has 0 aliphatic heterocycles. The quantitative estimate of drug-likeness (QED) is 0.553. The molecule has 3 aromatic rings. The molecule has 0 spiro atoms. The first kappa shape index (κ1) is 13.8. The summed E-state index contributed by atoms with van der Waals surface area (Å²) in [5.74, 6) is 0. The third-order valence-corrected chi connectivity index (χ3v) is 3.52. The van der Waals surface area contributed by atoms with E-state index >= 15 is 0 Å². The summed E-state index contributed by atoms with van der Waals surface area (Å²) < 4.78 is 5.44. The van der Waals surface area contributed by atoms with E-state index in [1.807, 2.05) is 6.20 Å². The number of hydrogen-bond donors (Lipinski definition) is 0. The molecule has 2 heteroatoms. The van der Waals surface area contributed by atoms with Gasteiger partial charge in [-0.1, -0.05) is 56.2 Å². The van der Waals surface area contributed by atoms with Crippen molar-refractivity contribution in [1.82, 2.24) is 4.37 Å². The lowest BCUT2D eigenvalue weighted by molar-refractivity contribution is 1.09. The topological polar surface area (TPSA) is 12.9 Å². The van der Waals surface area contributed by atoms with Crippen molar-refractivity contribution in [3.63, 3.8) is 0 Å². The lowest BCUT2D eigenvalue weighted by Gasteiger charge is -2.02. The van der Waals surface area contributed by atoms with Crippen LogP contribution in [0.1, 0.15) is 25.8 Å². The summed E-state index contributed by atoms with van der Waals surface area (Å²) in [6.07, 6.45) is 3.18. The van der Waals surface area contributed by atoms with E-state index in [9.17, 15) is 0 Å². The smallest absolute Gasteiger partial charge is 0.0550 e. The Morgan fingerprint density at radius 3 is 2.26 bits per heavy atom. The van der Waals surface area contributed by atoms with E-state index in [2.05, 4.69) is 67.6 Å². The van der Waals surface area contributed by atoms with Gasteiger partial charge in [0.25, 0.3) is 0 Å². The summed E-state index contributed by atoms with van der Waals surface area (Å²) >= 11 is 1.54. The highest BCUT2D eigenvalue weighted by Gasteiger charge is 2.00. The molecule has 0 fully saturated rings. The first-order valence-electron chi connectivity index (χ1n) is 6.66. The molecule has 0 bridgehead atoms. The number of aryl methyl sites for hydroxylation is 1. The Balaban J connectivity index is 0.000000408. The van der Waals surface area contributed by atoms with Crippen LogP contribution in [0.2, 0.25) is 0 Å². The Kier molecular flexibility index (Phi) is 4.69. The van der Waals surface area contributed by atoms with Crippen molar-refractivity contribution in [2.75, 3.05) is 0 Å². The highest BCUT2D eigenvalue weighted by atomic mass is 32.1. The lowest BCUT2D eigenvalue weighted by Crippen LogP contribution is -1.77. The third kappa shape index (κ3) is 3.42. The largest absolute Gasteiger partial charge is 0.200 e. The molecule has 98 valence electrons. The van der Waals surface area contributed by atoms with Gasteiger partial charge in [-0.25, -0.2) is 0 Å². The van der Waals surface area contributed by atoms with E-state index in [4.69, 9.17) is 0 Å². The van der Waals surface area contributed by atoms with Crippen molar-refractivity contribution in [3.8, 4) is 11.1 Å². The van der Waals surface area contributed by atoms with Gasteiger partial charge in [0.15, 0.2) is 0 Å². The Labute approximate surface area is 119 Å². The van der Waals surface area contributed by atoms with Crippen molar-refractivity contribution in [1.29, 1.82) is 0 Å². The lowest BCUT2D eigenvalue weighted by atomic mass is 10.0. The van der Waals surface area contributed by atoms with E-state index in [1.54, 1.807) is 11.5 Å². The standard InChI is InChI=1S/C14H11NS.C3H8/c1-10-2-4-11(5-3-10)12-6-7-14-13(8-12)9-15-16-14;1-3-2/h2-9H,1H3;3H2,1-2H3. The molecule has 19 heavy (non-hydrogen) atoms. The first-order valence-corrected chi connectivity index (χ1v) is 7.43. The minimum Gasteiger partial charge on any atom is -0.200 e. The minimum absolute atomic E-state index is 1.23. The number of nitrogens with zero attached hydrogens (tertiary/aromatic N) is 1. The summed E-state index contributed by atoms with van der Waals surface area (Å²) in [5.41, 5.74) is 3.81. The van der Waals surface area contributed by atoms with Crippen LogP contribution in [0.15, 0.2) is 48.7 Å². The number of rotatable bonds is 1. The zero-order valence-electron chi connectivity index (χ0n) is 11.7. The van der Waals surface area contributed by atoms with Crippen LogP contribution in [0.25, 0.3) is 21.2 Å². The number of benzene rings is 2. The van der Waals surface area contributed by atoms with E-state index in [1.165, 1.54) is 33.2 Å². The third-order valence-electron chi connectivity index (χ3n) is 2.74. The fourth-order valence-corrected chi connectivity index (χ4v) is 2.42. The highest BCUT2D eigenvalue weighted by Crippen LogP contribution is 2.26. The Morgan fingerprint density at radius 2 is 1.58 bits per heavy atom. The maximum Gasteiger partial charge on any atom is 0.0550 e. The fourth-order valence-electron chi connectivity index (χ4n) is 1.80. The summed E-state index contributed by atoms with van der Waals surface area (Å²) in [6.45, 7) is 6.36. The van der Waals surface area contributed by atoms with Gasteiger partial charge in [0.05, 0.1) is 4.70 Å². The summed E-state index contributed by atoms with van der Waals surface area (Å²) in [6, 6.07) is 15.1. The van der Waals surface area contributed by atoms with E-state index in [0.29, 0.717) is 0 Å². The number of hydrogen-bond acceptors (Lipinski definition) is 2. The zero-order chi connectivity index (χ0) is 13.7. The van der Waals surface area contributed by atoms with Crippen molar-refractivity contribution in [2.24, 2.45) is 0 Å². The molecule has 0 amide bonds. The van der Waals surface area contributed by atoms with Gasteiger partial charge in [0.1, 0.15) is 0 Å². The monoisotopic (exact) mass is 269 g/mol. The molecule has 0 radical (unpaired) electrons. The van der Waals surface area contributed by atoms with Crippen LogP contribution in [-0.2, 0) is 0 Å². The van der Waals surface area contributed by atoms with Crippen LogP contribution in [0.5, 0.6) is 0 Å². The van der Waals surface area contributed by atoms with Crippen LogP contribution in [-0.4, -0.2) is 4.37 Å². The molecular formula is C17H19NS.